The molecule has 0 spiro atoms. The monoisotopic (exact) mass is 218 g/mol. The van der Waals surface area contributed by atoms with Crippen molar-refractivity contribution in [3.8, 4) is 0 Å². The maximum Gasteiger partial charge on any atom is 0.0366 e. The minimum atomic E-state index is 0.765. The highest BCUT2D eigenvalue weighted by atomic mass is 15.2. The zero-order valence-electron chi connectivity index (χ0n) is 10.6. The van der Waals surface area contributed by atoms with Crippen LogP contribution < -0.4 is 4.90 Å². The highest BCUT2D eigenvalue weighted by molar-refractivity contribution is 5.47. The van der Waals surface area contributed by atoms with E-state index in [0.717, 1.165) is 6.04 Å². The first kappa shape index (κ1) is 11.5. The summed E-state index contributed by atoms with van der Waals surface area (Å²) < 4.78 is 0. The van der Waals surface area contributed by atoms with Crippen LogP contribution in [0.5, 0.6) is 0 Å². The molecular formula is C14H22N2. The second-order valence-electron chi connectivity index (χ2n) is 5.02. The number of anilines is 1. The Morgan fingerprint density at radius 2 is 1.62 bits per heavy atom. The molecule has 1 aliphatic rings. The van der Waals surface area contributed by atoms with Crippen LogP contribution in [0.15, 0.2) is 24.3 Å². The second-order valence-corrected chi connectivity index (χ2v) is 5.02. The third kappa shape index (κ3) is 2.56. The lowest BCUT2D eigenvalue weighted by Crippen LogP contribution is -2.41. The van der Waals surface area contributed by atoms with E-state index in [1.54, 1.807) is 0 Å². The predicted octanol–water partition coefficient (Wildman–Crippen LogP) is 2.53. The Morgan fingerprint density at radius 3 is 2.12 bits per heavy atom. The molecule has 0 unspecified atom stereocenters. The fraction of sp³-hybridized carbons (Fsp3) is 0.571. The molecule has 0 aliphatic carbocycles. The molecule has 0 atom stereocenters. The van der Waals surface area contributed by atoms with Gasteiger partial charge in [-0.2, -0.15) is 0 Å². The molecule has 1 saturated heterocycles. The lowest BCUT2D eigenvalue weighted by atomic mass is 10.0. The highest BCUT2D eigenvalue weighted by Gasteiger charge is 2.20. The molecule has 0 saturated carbocycles. The smallest absolute Gasteiger partial charge is 0.0366 e. The summed E-state index contributed by atoms with van der Waals surface area (Å²) in [6, 6.07) is 9.65. The zero-order chi connectivity index (χ0) is 11.5. The molecule has 2 heteroatoms. The fourth-order valence-corrected chi connectivity index (χ4v) is 2.40. The van der Waals surface area contributed by atoms with Crippen molar-refractivity contribution in [2.24, 2.45) is 0 Å². The van der Waals surface area contributed by atoms with Gasteiger partial charge < -0.3 is 9.80 Å². The Balaban J connectivity index is 1.96. The van der Waals surface area contributed by atoms with Gasteiger partial charge in [-0.15, -0.1) is 0 Å². The summed E-state index contributed by atoms with van der Waals surface area (Å²) >= 11 is 0. The molecule has 2 nitrogen and oxygen atoms in total. The SMILES string of the molecule is Cc1ccc(N2CCC(N(C)C)CC2)cc1. The van der Waals surface area contributed by atoms with E-state index in [2.05, 4.69) is 55.1 Å². The number of piperidine rings is 1. The molecule has 2 rings (SSSR count). The minimum Gasteiger partial charge on any atom is -0.371 e. The molecule has 16 heavy (non-hydrogen) atoms. The predicted molar refractivity (Wildman–Crippen MR) is 70.1 cm³/mol. The van der Waals surface area contributed by atoms with Gasteiger partial charge in [0.05, 0.1) is 0 Å². The summed E-state index contributed by atoms with van der Waals surface area (Å²) in [5.41, 5.74) is 2.72. The molecule has 0 aromatic heterocycles. The van der Waals surface area contributed by atoms with Crippen molar-refractivity contribution >= 4 is 5.69 Å². The van der Waals surface area contributed by atoms with Crippen LogP contribution in [0.3, 0.4) is 0 Å². The third-order valence-electron chi connectivity index (χ3n) is 3.59. The Kier molecular flexibility index (Phi) is 3.49. The number of rotatable bonds is 2. The highest BCUT2D eigenvalue weighted by Crippen LogP contribution is 2.21. The standard InChI is InChI=1S/C14H22N2/c1-12-4-6-14(7-5-12)16-10-8-13(9-11-16)15(2)3/h4-7,13H,8-11H2,1-3H3. The van der Waals surface area contributed by atoms with Crippen LogP contribution in [0.1, 0.15) is 18.4 Å². The first-order chi connectivity index (χ1) is 7.66. The maximum absolute atomic E-state index is 2.50. The summed E-state index contributed by atoms with van der Waals surface area (Å²) in [7, 11) is 4.37. The van der Waals surface area contributed by atoms with Crippen LogP contribution in [-0.2, 0) is 0 Å². The van der Waals surface area contributed by atoms with E-state index in [0.29, 0.717) is 0 Å². The summed E-state index contributed by atoms with van der Waals surface area (Å²) in [6.45, 7) is 4.51. The minimum absolute atomic E-state index is 0.765. The lowest BCUT2D eigenvalue weighted by molar-refractivity contribution is 0.249. The van der Waals surface area contributed by atoms with Gasteiger partial charge in [-0.05, 0) is 46.0 Å². The number of aryl methyl sites for hydroxylation is 1. The molecule has 1 aliphatic heterocycles. The molecule has 88 valence electrons. The lowest BCUT2D eigenvalue weighted by Gasteiger charge is -2.36. The molecule has 1 heterocycles. The van der Waals surface area contributed by atoms with Crippen molar-refractivity contribution in [1.29, 1.82) is 0 Å². The number of hydrogen-bond donors (Lipinski definition) is 0. The van der Waals surface area contributed by atoms with Gasteiger partial charge in [0.1, 0.15) is 0 Å². The van der Waals surface area contributed by atoms with Crippen LogP contribution in [-0.4, -0.2) is 38.1 Å². The topological polar surface area (TPSA) is 6.48 Å². The molecule has 0 N–H and O–H groups in total. The fourth-order valence-electron chi connectivity index (χ4n) is 2.40. The van der Waals surface area contributed by atoms with Crippen molar-refractivity contribution < 1.29 is 0 Å². The Labute approximate surface area is 98.9 Å². The van der Waals surface area contributed by atoms with Crippen LogP contribution in [0.25, 0.3) is 0 Å². The Hall–Kier alpha value is -1.02. The molecule has 0 amide bonds. The van der Waals surface area contributed by atoms with E-state index < -0.39 is 0 Å². The summed E-state index contributed by atoms with van der Waals surface area (Å²) in [5, 5.41) is 0. The Bertz CT molecular complexity index is 321. The first-order valence-electron chi connectivity index (χ1n) is 6.15. The Morgan fingerprint density at radius 1 is 1.06 bits per heavy atom. The molecule has 0 radical (unpaired) electrons. The van der Waals surface area contributed by atoms with Gasteiger partial charge in [-0.1, -0.05) is 17.7 Å². The van der Waals surface area contributed by atoms with E-state index in [-0.39, 0.29) is 0 Å². The van der Waals surface area contributed by atoms with Crippen LogP contribution in [0.2, 0.25) is 0 Å². The average molecular weight is 218 g/mol. The summed E-state index contributed by atoms with van der Waals surface area (Å²) in [5.74, 6) is 0. The van der Waals surface area contributed by atoms with Crippen LogP contribution >= 0.6 is 0 Å². The van der Waals surface area contributed by atoms with Gasteiger partial charge in [-0.3, -0.25) is 0 Å². The van der Waals surface area contributed by atoms with Crippen LogP contribution in [0.4, 0.5) is 5.69 Å². The maximum atomic E-state index is 2.50. The van der Waals surface area contributed by atoms with E-state index in [1.165, 1.54) is 37.2 Å². The van der Waals surface area contributed by atoms with Gasteiger partial charge in [-0.25, -0.2) is 0 Å². The van der Waals surface area contributed by atoms with Crippen molar-refractivity contribution in [2.75, 3.05) is 32.1 Å². The van der Waals surface area contributed by atoms with Gasteiger partial charge in [0.2, 0.25) is 0 Å². The van der Waals surface area contributed by atoms with E-state index in [4.69, 9.17) is 0 Å². The molecule has 1 aromatic rings. The van der Waals surface area contributed by atoms with Gasteiger partial charge >= 0.3 is 0 Å². The van der Waals surface area contributed by atoms with E-state index >= 15 is 0 Å². The van der Waals surface area contributed by atoms with Crippen molar-refractivity contribution in [1.82, 2.24) is 4.90 Å². The van der Waals surface area contributed by atoms with Gasteiger partial charge in [0, 0.05) is 24.8 Å². The first-order valence-corrected chi connectivity index (χ1v) is 6.15. The van der Waals surface area contributed by atoms with Crippen molar-refractivity contribution in [3.05, 3.63) is 29.8 Å². The van der Waals surface area contributed by atoms with E-state index in [9.17, 15) is 0 Å². The largest absolute Gasteiger partial charge is 0.371 e. The van der Waals surface area contributed by atoms with Crippen molar-refractivity contribution in [2.45, 2.75) is 25.8 Å². The zero-order valence-corrected chi connectivity index (χ0v) is 10.6. The molecule has 1 aromatic carbocycles. The number of nitrogens with zero attached hydrogens (tertiary/aromatic N) is 2. The molecule has 1 fully saturated rings. The average Bonchev–Trinajstić information content (AvgIpc) is 2.30. The summed E-state index contributed by atoms with van der Waals surface area (Å²) in [4.78, 5) is 4.85. The summed E-state index contributed by atoms with van der Waals surface area (Å²) in [6.07, 6.45) is 2.56. The second kappa shape index (κ2) is 4.88. The third-order valence-corrected chi connectivity index (χ3v) is 3.59. The van der Waals surface area contributed by atoms with Gasteiger partial charge in [0.15, 0.2) is 0 Å². The molecular weight excluding hydrogens is 196 g/mol. The van der Waals surface area contributed by atoms with Crippen LogP contribution in [0, 0.1) is 6.92 Å². The van der Waals surface area contributed by atoms with Crippen molar-refractivity contribution in [3.63, 3.8) is 0 Å². The number of benzene rings is 1. The quantitative estimate of drug-likeness (QED) is 0.752. The normalized spacial score (nSPS) is 18.1. The molecule has 0 bridgehead atoms. The van der Waals surface area contributed by atoms with Gasteiger partial charge in [0.25, 0.3) is 0 Å². The van der Waals surface area contributed by atoms with E-state index in [1.807, 2.05) is 0 Å². The number of hydrogen-bond acceptors (Lipinski definition) is 2.